The van der Waals surface area contributed by atoms with Gasteiger partial charge in [-0.3, -0.25) is 4.99 Å². The van der Waals surface area contributed by atoms with Crippen molar-refractivity contribution in [2.45, 2.75) is 38.2 Å². The summed E-state index contributed by atoms with van der Waals surface area (Å²) in [6.45, 7) is 4.22. The maximum Gasteiger partial charge on any atom is 0.190 e. The third kappa shape index (κ3) is 6.01. The van der Waals surface area contributed by atoms with Crippen molar-refractivity contribution in [3.63, 3.8) is 0 Å². The van der Waals surface area contributed by atoms with Gasteiger partial charge in [0.05, 0.1) is 12.7 Å². The van der Waals surface area contributed by atoms with Gasteiger partial charge in [0.2, 0.25) is 0 Å². The molecule has 0 aromatic heterocycles. The second-order valence-electron chi connectivity index (χ2n) is 7.22. The smallest absolute Gasteiger partial charge is 0.190 e. The molecule has 1 heterocycles. The molecule has 5 nitrogen and oxygen atoms in total. The van der Waals surface area contributed by atoms with E-state index in [1.807, 2.05) is 7.05 Å². The molecule has 0 bridgehead atoms. The number of hydrogen-bond acceptors (Lipinski definition) is 3. The molecule has 5 heteroatoms. The second kappa shape index (κ2) is 9.20. The molecule has 0 spiro atoms. The summed E-state index contributed by atoms with van der Waals surface area (Å²) >= 11 is 0. The quantitative estimate of drug-likeness (QED) is 0.410. The van der Waals surface area contributed by atoms with E-state index in [0.717, 1.165) is 58.1 Å². The molecule has 2 N–H and O–H groups in total. The largest absolute Gasteiger partial charge is 0.379 e. The fourth-order valence-corrected chi connectivity index (χ4v) is 3.29. The third-order valence-electron chi connectivity index (χ3n) is 5.09. The lowest BCUT2D eigenvalue weighted by molar-refractivity contribution is 0.0420. The molecule has 1 saturated carbocycles. The summed E-state index contributed by atoms with van der Waals surface area (Å²) in [5.74, 6) is 0.892. The van der Waals surface area contributed by atoms with E-state index in [0.29, 0.717) is 11.5 Å². The SMILES string of the molecule is CN=C(NCCCOC1CCOC1)NCC1(Cc2ccccc2)CC1. The number of benzene rings is 1. The summed E-state index contributed by atoms with van der Waals surface area (Å²) in [6, 6.07) is 10.8. The average Bonchev–Trinajstić information content (AvgIpc) is 3.19. The first kappa shape index (κ1) is 18.2. The van der Waals surface area contributed by atoms with Crippen LogP contribution in [0.4, 0.5) is 0 Å². The van der Waals surface area contributed by atoms with Crippen molar-refractivity contribution in [3.05, 3.63) is 35.9 Å². The van der Waals surface area contributed by atoms with Crippen LogP contribution in [0.25, 0.3) is 0 Å². The molecule has 3 rings (SSSR count). The van der Waals surface area contributed by atoms with Crippen molar-refractivity contribution in [1.82, 2.24) is 10.6 Å². The normalized spacial score (nSPS) is 22.0. The molecule has 1 aliphatic heterocycles. The lowest BCUT2D eigenvalue weighted by Gasteiger charge is -2.19. The van der Waals surface area contributed by atoms with Gasteiger partial charge in [-0.15, -0.1) is 0 Å². The van der Waals surface area contributed by atoms with Gasteiger partial charge in [-0.2, -0.15) is 0 Å². The summed E-state index contributed by atoms with van der Waals surface area (Å²) in [4.78, 5) is 4.33. The fourth-order valence-electron chi connectivity index (χ4n) is 3.29. The Morgan fingerprint density at radius 1 is 1.28 bits per heavy atom. The molecule has 1 aromatic carbocycles. The van der Waals surface area contributed by atoms with Crippen LogP contribution in [0.5, 0.6) is 0 Å². The zero-order chi connectivity index (χ0) is 17.4. The Morgan fingerprint density at radius 3 is 2.80 bits per heavy atom. The molecule has 0 amide bonds. The molecule has 25 heavy (non-hydrogen) atoms. The van der Waals surface area contributed by atoms with E-state index < -0.39 is 0 Å². The lowest BCUT2D eigenvalue weighted by atomic mass is 9.96. The third-order valence-corrected chi connectivity index (χ3v) is 5.09. The number of rotatable bonds is 9. The molecule has 1 aliphatic carbocycles. The molecular weight excluding hydrogens is 314 g/mol. The van der Waals surface area contributed by atoms with Crippen molar-refractivity contribution in [2.24, 2.45) is 10.4 Å². The highest BCUT2D eigenvalue weighted by molar-refractivity contribution is 5.79. The predicted molar refractivity (Wildman–Crippen MR) is 101 cm³/mol. The van der Waals surface area contributed by atoms with Crippen LogP contribution in [-0.4, -0.2) is 52.0 Å². The monoisotopic (exact) mass is 345 g/mol. The van der Waals surface area contributed by atoms with Crippen molar-refractivity contribution < 1.29 is 9.47 Å². The van der Waals surface area contributed by atoms with Crippen molar-refractivity contribution in [2.75, 3.05) is 40.0 Å². The Morgan fingerprint density at radius 2 is 2.12 bits per heavy atom. The average molecular weight is 345 g/mol. The molecule has 138 valence electrons. The number of hydrogen-bond donors (Lipinski definition) is 2. The summed E-state index contributed by atoms with van der Waals surface area (Å²) in [5.41, 5.74) is 1.84. The predicted octanol–water partition coefficient (Wildman–Crippen LogP) is 2.37. The van der Waals surface area contributed by atoms with Crippen LogP contribution >= 0.6 is 0 Å². The maximum absolute atomic E-state index is 5.78. The van der Waals surface area contributed by atoms with Gasteiger partial charge in [-0.1, -0.05) is 30.3 Å². The van der Waals surface area contributed by atoms with Crippen LogP contribution in [-0.2, 0) is 15.9 Å². The maximum atomic E-state index is 5.78. The van der Waals surface area contributed by atoms with E-state index in [1.165, 1.54) is 18.4 Å². The molecular formula is C20H31N3O2. The first-order valence-corrected chi connectivity index (χ1v) is 9.47. The molecule has 1 aromatic rings. The van der Waals surface area contributed by atoms with Crippen LogP contribution in [0, 0.1) is 5.41 Å². The highest BCUT2D eigenvalue weighted by Gasteiger charge is 2.42. The zero-order valence-corrected chi connectivity index (χ0v) is 15.3. The Hall–Kier alpha value is -1.59. The van der Waals surface area contributed by atoms with Gasteiger partial charge in [-0.05, 0) is 43.1 Å². The summed E-state index contributed by atoms with van der Waals surface area (Å²) < 4.78 is 11.1. The van der Waals surface area contributed by atoms with Crippen LogP contribution in [0.3, 0.4) is 0 Å². The standard InChI is InChI=1S/C20H31N3O2/c1-21-19(22-11-5-12-25-18-8-13-24-15-18)23-16-20(9-10-20)14-17-6-3-2-4-7-17/h2-4,6-7,18H,5,8-16H2,1H3,(H2,21,22,23). The first-order valence-electron chi connectivity index (χ1n) is 9.47. The van der Waals surface area contributed by atoms with E-state index in [4.69, 9.17) is 9.47 Å². The van der Waals surface area contributed by atoms with E-state index in [2.05, 4.69) is 46.0 Å². The van der Waals surface area contributed by atoms with Gasteiger partial charge in [-0.25, -0.2) is 0 Å². The van der Waals surface area contributed by atoms with Crippen LogP contribution in [0.2, 0.25) is 0 Å². The minimum Gasteiger partial charge on any atom is -0.379 e. The topological polar surface area (TPSA) is 54.9 Å². The highest BCUT2D eigenvalue weighted by Crippen LogP contribution is 2.47. The van der Waals surface area contributed by atoms with E-state index in [1.54, 1.807) is 0 Å². The molecule has 2 aliphatic rings. The van der Waals surface area contributed by atoms with Crippen LogP contribution < -0.4 is 10.6 Å². The lowest BCUT2D eigenvalue weighted by Crippen LogP contribution is -2.41. The summed E-state index contributed by atoms with van der Waals surface area (Å²) in [5, 5.41) is 6.89. The van der Waals surface area contributed by atoms with E-state index in [-0.39, 0.29) is 0 Å². The number of nitrogens with one attached hydrogen (secondary N) is 2. The molecule has 2 fully saturated rings. The summed E-state index contributed by atoms with van der Waals surface area (Å²) in [6.07, 6.45) is 6.04. The Bertz CT molecular complexity index is 537. The van der Waals surface area contributed by atoms with Crippen molar-refractivity contribution in [3.8, 4) is 0 Å². The minimum absolute atomic E-state index is 0.296. The summed E-state index contributed by atoms with van der Waals surface area (Å²) in [7, 11) is 1.83. The fraction of sp³-hybridized carbons (Fsp3) is 0.650. The molecule has 1 saturated heterocycles. The number of ether oxygens (including phenoxy) is 2. The van der Waals surface area contributed by atoms with Gasteiger partial charge in [0.1, 0.15) is 0 Å². The minimum atomic E-state index is 0.296. The first-order chi connectivity index (χ1) is 12.3. The van der Waals surface area contributed by atoms with Gasteiger partial charge >= 0.3 is 0 Å². The van der Waals surface area contributed by atoms with Gasteiger partial charge in [0.15, 0.2) is 5.96 Å². The van der Waals surface area contributed by atoms with Crippen LogP contribution in [0.15, 0.2) is 35.3 Å². The van der Waals surface area contributed by atoms with Gasteiger partial charge in [0, 0.05) is 33.4 Å². The Kier molecular flexibility index (Phi) is 6.70. The molecule has 1 unspecified atom stereocenters. The molecule has 1 atom stereocenters. The van der Waals surface area contributed by atoms with Crippen LogP contribution in [0.1, 0.15) is 31.2 Å². The molecule has 0 radical (unpaired) electrons. The number of nitrogens with zero attached hydrogens (tertiary/aromatic N) is 1. The number of guanidine groups is 1. The highest BCUT2D eigenvalue weighted by atomic mass is 16.5. The van der Waals surface area contributed by atoms with E-state index >= 15 is 0 Å². The van der Waals surface area contributed by atoms with E-state index in [9.17, 15) is 0 Å². The zero-order valence-electron chi connectivity index (χ0n) is 15.3. The Balaban J connectivity index is 1.31. The van der Waals surface area contributed by atoms with Crippen molar-refractivity contribution in [1.29, 1.82) is 0 Å². The Labute approximate surface area is 151 Å². The van der Waals surface area contributed by atoms with Gasteiger partial charge < -0.3 is 20.1 Å². The van der Waals surface area contributed by atoms with Crippen molar-refractivity contribution >= 4 is 5.96 Å². The van der Waals surface area contributed by atoms with Gasteiger partial charge in [0.25, 0.3) is 0 Å². The number of aliphatic imine (C=N–C) groups is 1. The second-order valence-corrected chi connectivity index (χ2v) is 7.22.